The maximum absolute atomic E-state index is 13.1. The Balaban J connectivity index is 1.18. The van der Waals surface area contributed by atoms with Crippen LogP contribution in [0.4, 0.5) is 14.6 Å². The second-order valence-electron chi connectivity index (χ2n) is 10.2. The third-order valence-electron chi connectivity index (χ3n) is 7.79. The number of halogens is 3. The van der Waals surface area contributed by atoms with Gasteiger partial charge in [-0.2, -0.15) is 8.78 Å². The fourth-order valence-corrected chi connectivity index (χ4v) is 6.08. The van der Waals surface area contributed by atoms with Crippen molar-refractivity contribution in [2.24, 2.45) is 0 Å². The Hall–Kier alpha value is -3.24. The lowest BCUT2D eigenvalue weighted by atomic mass is 9.99. The fraction of sp³-hybridized carbons (Fsp3) is 0.464. The first-order valence-electron chi connectivity index (χ1n) is 13.1. The highest BCUT2D eigenvalue weighted by atomic mass is 35.5. The molecule has 6 rings (SSSR count). The molecule has 1 saturated carbocycles. The molecular weight excluding hydrogens is 532 g/mol. The number of pyridine rings is 1. The van der Waals surface area contributed by atoms with E-state index in [9.17, 15) is 13.6 Å². The van der Waals surface area contributed by atoms with Crippen molar-refractivity contribution in [3.8, 4) is 17.0 Å². The van der Waals surface area contributed by atoms with E-state index in [0.29, 0.717) is 16.3 Å². The van der Waals surface area contributed by atoms with E-state index in [-0.39, 0.29) is 42.0 Å². The second kappa shape index (κ2) is 10.7. The number of carbonyl (C=O) groups is 1. The molecule has 3 atom stereocenters. The number of nitrogens with zero attached hydrogens (tertiary/aromatic N) is 3. The summed E-state index contributed by atoms with van der Waals surface area (Å²) in [7, 11) is 1.31. The molecule has 2 bridgehead atoms. The minimum atomic E-state index is -2.94. The Morgan fingerprint density at radius 3 is 2.59 bits per heavy atom. The summed E-state index contributed by atoms with van der Waals surface area (Å²) >= 11 is 6.37. The standard InChI is InChI=1S/C28H28ClF2N3O5/c1-36-27(35)20-13-32-24(12-22(20)29)34-16-8-9-17(34)11-18(10-16)37-14-21-25(33-39-26(21)15-6-7-15)19-4-2-3-5-23(19)38-28(30)31/h2-5,12-13,15-18,28H,6-11,14H2,1H3/t16-,17+,18+. The number of hydrogen-bond donors (Lipinski definition) is 0. The molecule has 206 valence electrons. The third-order valence-corrected chi connectivity index (χ3v) is 8.10. The average Bonchev–Trinajstić information content (AvgIpc) is 3.63. The average molecular weight is 560 g/mol. The molecule has 2 saturated heterocycles. The van der Waals surface area contributed by atoms with Crippen LogP contribution < -0.4 is 9.64 Å². The summed E-state index contributed by atoms with van der Waals surface area (Å²) in [4.78, 5) is 18.7. The molecule has 39 heavy (non-hydrogen) atoms. The summed E-state index contributed by atoms with van der Waals surface area (Å²) < 4.78 is 47.8. The summed E-state index contributed by atoms with van der Waals surface area (Å²) in [5, 5.41) is 4.58. The van der Waals surface area contributed by atoms with Gasteiger partial charge in [0.2, 0.25) is 0 Å². The Bertz CT molecular complexity index is 1350. The van der Waals surface area contributed by atoms with Gasteiger partial charge in [0.25, 0.3) is 0 Å². The van der Waals surface area contributed by atoms with Crippen LogP contribution in [0.15, 0.2) is 41.1 Å². The van der Waals surface area contributed by atoms with Gasteiger partial charge in [0.1, 0.15) is 23.0 Å². The molecule has 1 aliphatic carbocycles. The molecule has 0 unspecified atom stereocenters. The molecule has 0 spiro atoms. The van der Waals surface area contributed by atoms with Crippen molar-refractivity contribution < 1.29 is 32.3 Å². The SMILES string of the molecule is COC(=O)c1cnc(N2[C@@H]3CC[C@H]2C[C@@H](OCc2c(-c4ccccc4OC(F)F)noc2C2CC2)C3)cc1Cl. The van der Waals surface area contributed by atoms with Crippen molar-refractivity contribution in [2.45, 2.75) is 75.8 Å². The number of aromatic nitrogens is 2. The number of alkyl halides is 2. The topological polar surface area (TPSA) is 86.9 Å². The molecule has 0 N–H and O–H groups in total. The zero-order chi connectivity index (χ0) is 27.1. The number of esters is 1. The van der Waals surface area contributed by atoms with Gasteiger partial charge in [0.05, 0.1) is 30.4 Å². The van der Waals surface area contributed by atoms with Crippen LogP contribution in [0.5, 0.6) is 5.75 Å². The van der Waals surface area contributed by atoms with Crippen molar-refractivity contribution in [2.75, 3.05) is 12.0 Å². The minimum Gasteiger partial charge on any atom is -0.465 e. The van der Waals surface area contributed by atoms with Crippen LogP contribution in [0.25, 0.3) is 11.3 Å². The second-order valence-corrected chi connectivity index (χ2v) is 10.6. The Morgan fingerprint density at radius 2 is 1.92 bits per heavy atom. The van der Waals surface area contributed by atoms with Crippen LogP contribution in [0, 0.1) is 0 Å². The largest absolute Gasteiger partial charge is 0.465 e. The van der Waals surface area contributed by atoms with E-state index in [1.54, 1.807) is 24.3 Å². The monoisotopic (exact) mass is 559 g/mol. The summed E-state index contributed by atoms with van der Waals surface area (Å²) in [6.07, 6.45) is 7.10. The van der Waals surface area contributed by atoms with Gasteiger partial charge in [0.15, 0.2) is 0 Å². The molecule has 11 heteroatoms. The number of carbonyl (C=O) groups excluding carboxylic acids is 1. The van der Waals surface area contributed by atoms with Gasteiger partial charge in [-0.25, -0.2) is 9.78 Å². The molecule has 4 heterocycles. The third kappa shape index (κ3) is 5.19. The highest BCUT2D eigenvalue weighted by Crippen LogP contribution is 2.46. The zero-order valence-corrected chi connectivity index (χ0v) is 22.1. The predicted octanol–water partition coefficient (Wildman–Crippen LogP) is 6.37. The maximum Gasteiger partial charge on any atom is 0.387 e. The molecule has 3 fully saturated rings. The van der Waals surface area contributed by atoms with Gasteiger partial charge in [0, 0.05) is 41.4 Å². The lowest BCUT2D eigenvalue weighted by Crippen LogP contribution is -2.46. The van der Waals surface area contributed by atoms with Gasteiger partial charge < -0.3 is 23.6 Å². The molecular formula is C28H28ClF2N3O5. The van der Waals surface area contributed by atoms with Crippen molar-refractivity contribution in [1.29, 1.82) is 0 Å². The van der Waals surface area contributed by atoms with Crippen LogP contribution in [0.3, 0.4) is 0 Å². The van der Waals surface area contributed by atoms with Gasteiger partial charge >= 0.3 is 12.6 Å². The van der Waals surface area contributed by atoms with E-state index >= 15 is 0 Å². The minimum absolute atomic E-state index is 0.00549. The van der Waals surface area contributed by atoms with Gasteiger partial charge in [-0.15, -0.1) is 0 Å². The predicted molar refractivity (Wildman–Crippen MR) is 138 cm³/mol. The lowest BCUT2D eigenvalue weighted by molar-refractivity contribution is -0.0494. The normalized spacial score (nSPS) is 22.4. The molecule has 0 amide bonds. The lowest BCUT2D eigenvalue weighted by Gasteiger charge is -2.39. The van der Waals surface area contributed by atoms with E-state index in [1.807, 2.05) is 0 Å². The van der Waals surface area contributed by atoms with E-state index in [1.165, 1.54) is 19.4 Å². The summed E-state index contributed by atoms with van der Waals surface area (Å²) in [6, 6.07) is 8.80. The van der Waals surface area contributed by atoms with Crippen LogP contribution in [-0.2, 0) is 16.1 Å². The van der Waals surface area contributed by atoms with Gasteiger partial charge in [-0.05, 0) is 50.7 Å². The van der Waals surface area contributed by atoms with E-state index in [2.05, 4.69) is 15.0 Å². The fourth-order valence-electron chi connectivity index (χ4n) is 5.86. The van der Waals surface area contributed by atoms with Gasteiger partial charge in [-0.1, -0.05) is 28.9 Å². The highest BCUT2D eigenvalue weighted by molar-refractivity contribution is 6.33. The van der Waals surface area contributed by atoms with Crippen molar-refractivity contribution >= 4 is 23.4 Å². The van der Waals surface area contributed by atoms with Crippen molar-refractivity contribution in [1.82, 2.24) is 10.1 Å². The van der Waals surface area contributed by atoms with Crippen LogP contribution in [0.2, 0.25) is 5.02 Å². The first kappa shape index (κ1) is 26.0. The number of ether oxygens (including phenoxy) is 3. The van der Waals surface area contributed by atoms with Crippen LogP contribution in [0.1, 0.15) is 66.1 Å². The first-order valence-corrected chi connectivity index (χ1v) is 13.5. The zero-order valence-electron chi connectivity index (χ0n) is 21.3. The summed E-state index contributed by atoms with van der Waals surface area (Å²) in [5.41, 5.74) is 1.98. The number of para-hydroxylation sites is 1. The highest BCUT2D eigenvalue weighted by Gasteiger charge is 2.42. The number of piperidine rings is 1. The first-order chi connectivity index (χ1) is 18.9. The smallest absolute Gasteiger partial charge is 0.387 e. The molecule has 1 aromatic carbocycles. The van der Waals surface area contributed by atoms with Crippen LogP contribution in [-0.4, -0.2) is 48.0 Å². The van der Waals surface area contributed by atoms with Crippen molar-refractivity contribution in [3.05, 3.63) is 58.4 Å². The Morgan fingerprint density at radius 1 is 1.18 bits per heavy atom. The maximum atomic E-state index is 13.1. The molecule has 3 aromatic rings. The molecule has 2 aromatic heterocycles. The van der Waals surface area contributed by atoms with Crippen molar-refractivity contribution in [3.63, 3.8) is 0 Å². The summed E-state index contributed by atoms with van der Waals surface area (Å²) in [5.74, 6) is 1.32. The molecule has 3 aliphatic rings. The summed E-state index contributed by atoms with van der Waals surface area (Å²) in [6.45, 7) is -2.67. The molecule has 0 radical (unpaired) electrons. The number of benzene rings is 1. The number of methoxy groups -OCH3 is 1. The van der Waals surface area contributed by atoms with E-state index < -0.39 is 12.6 Å². The number of hydrogen-bond acceptors (Lipinski definition) is 8. The Kier molecular flexibility index (Phi) is 7.16. The van der Waals surface area contributed by atoms with Gasteiger partial charge in [-0.3, -0.25) is 0 Å². The molecule has 2 aliphatic heterocycles. The number of fused-ring (bicyclic) bond motifs is 2. The Labute approximate surface area is 229 Å². The molecule has 8 nitrogen and oxygen atoms in total. The number of rotatable bonds is 9. The number of anilines is 1. The quantitative estimate of drug-likeness (QED) is 0.279. The van der Waals surface area contributed by atoms with E-state index in [4.69, 9.17) is 30.3 Å². The van der Waals surface area contributed by atoms with E-state index in [0.717, 1.165) is 55.7 Å². The van der Waals surface area contributed by atoms with Crippen LogP contribution >= 0.6 is 11.6 Å².